The third-order valence-corrected chi connectivity index (χ3v) is 2.08. The predicted molar refractivity (Wildman–Crippen MR) is 62.3 cm³/mol. The molecule has 1 aromatic rings. The molecule has 88 valence electrons. The zero-order valence-electron chi connectivity index (χ0n) is 9.71. The number of methoxy groups -OCH3 is 1. The summed E-state index contributed by atoms with van der Waals surface area (Å²) in [6.07, 6.45) is 2.28. The van der Waals surface area contributed by atoms with E-state index in [4.69, 9.17) is 14.7 Å². The summed E-state index contributed by atoms with van der Waals surface area (Å²) in [6.45, 7) is 1.33. The summed E-state index contributed by atoms with van der Waals surface area (Å²) in [5, 5.41) is 8.48. The van der Waals surface area contributed by atoms with Crippen LogP contribution in [0.4, 0.5) is 0 Å². The first-order valence-electron chi connectivity index (χ1n) is 5.05. The van der Waals surface area contributed by atoms with Crippen LogP contribution in [0.1, 0.15) is 18.6 Å². The standard InChI is InChI=1S/C13H13NO3/c1-10(15)17-13(4-3-9-14)11-5-7-12(16-2)8-6-11/h3-8,13H,1-2H3/b4-3+. The molecule has 0 aliphatic carbocycles. The molecule has 0 amide bonds. The fraction of sp³-hybridized carbons (Fsp3) is 0.231. The van der Waals surface area contributed by atoms with Crippen molar-refractivity contribution in [3.05, 3.63) is 42.0 Å². The number of benzene rings is 1. The monoisotopic (exact) mass is 231 g/mol. The van der Waals surface area contributed by atoms with Crippen molar-refractivity contribution < 1.29 is 14.3 Å². The molecule has 4 heteroatoms. The molecule has 0 saturated heterocycles. The molecule has 0 radical (unpaired) electrons. The number of hydrogen-bond donors (Lipinski definition) is 0. The summed E-state index contributed by atoms with van der Waals surface area (Å²) in [5.74, 6) is 0.327. The van der Waals surface area contributed by atoms with E-state index in [1.807, 2.05) is 6.07 Å². The third-order valence-electron chi connectivity index (χ3n) is 2.08. The fourth-order valence-corrected chi connectivity index (χ4v) is 1.32. The van der Waals surface area contributed by atoms with E-state index in [2.05, 4.69) is 0 Å². The number of hydrogen-bond acceptors (Lipinski definition) is 4. The van der Waals surface area contributed by atoms with Crippen LogP contribution in [0.3, 0.4) is 0 Å². The maximum Gasteiger partial charge on any atom is 0.303 e. The quantitative estimate of drug-likeness (QED) is 0.589. The van der Waals surface area contributed by atoms with Crippen LogP contribution in [0.5, 0.6) is 5.75 Å². The van der Waals surface area contributed by atoms with Crippen LogP contribution < -0.4 is 4.74 Å². The van der Waals surface area contributed by atoms with E-state index in [0.29, 0.717) is 0 Å². The fourth-order valence-electron chi connectivity index (χ4n) is 1.32. The first-order valence-corrected chi connectivity index (χ1v) is 5.05. The van der Waals surface area contributed by atoms with Gasteiger partial charge in [0.15, 0.2) is 0 Å². The molecule has 1 unspecified atom stereocenters. The van der Waals surface area contributed by atoms with Crippen LogP contribution in [0.2, 0.25) is 0 Å². The van der Waals surface area contributed by atoms with Gasteiger partial charge in [-0.05, 0) is 23.8 Å². The predicted octanol–water partition coefficient (Wildman–Crippen LogP) is 2.38. The van der Waals surface area contributed by atoms with Crippen molar-refractivity contribution in [2.24, 2.45) is 0 Å². The lowest BCUT2D eigenvalue weighted by molar-refractivity contribution is -0.144. The van der Waals surface area contributed by atoms with E-state index < -0.39 is 12.1 Å². The number of allylic oxidation sites excluding steroid dienone is 1. The Morgan fingerprint density at radius 3 is 2.53 bits per heavy atom. The molecule has 0 saturated carbocycles. The molecule has 4 nitrogen and oxygen atoms in total. The van der Waals surface area contributed by atoms with E-state index in [-0.39, 0.29) is 0 Å². The van der Waals surface area contributed by atoms with Gasteiger partial charge in [-0.1, -0.05) is 12.1 Å². The van der Waals surface area contributed by atoms with Gasteiger partial charge in [-0.15, -0.1) is 0 Å². The first-order chi connectivity index (χ1) is 8.17. The second kappa shape index (κ2) is 6.33. The lowest BCUT2D eigenvalue weighted by atomic mass is 10.1. The lowest BCUT2D eigenvalue weighted by Crippen LogP contribution is -2.06. The van der Waals surface area contributed by atoms with Crippen molar-refractivity contribution in [2.45, 2.75) is 13.0 Å². The maximum absolute atomic E-state index is 11.0. The Bertz CT molecular complexity index is 443. The number of carbonyl (C=O) groups is 1. The largest absolute Gasteiger partial charge is 0.497 e. The minimum absolute atomic E-state index is 0.395. The van der Waals surface area contributed by atoms with Crippen LogP contribution in [0.15, 0.2) is 36.4 Å². The Labute approximate surface area is 100 Å². The molecule has 0 N–H and O–H groups in total. The Kier molecular flexibility index (Phi) is 4.77. The van der Waals surface area contributed by atoms with Crippen molar-refractivity contribution in [3.63, 3.8) is 0 Å². The highest BCUT2D eigenvalue weighted by atomic mass is 16.5. The summed E-state index contributed by atoms with van der Waals surface area (Å²) >= 11 is 0. The van der Waals surface area contributed by atoms with Gasteiger partial charge in [-0.3, -0.25) is 4.79 Å². The van der Waals surface area contributed by atoms with E-state index in [1.165, 1.54) is 19.1 Å². The van der Waals surface area contributed by atoms with Gasteiger partial charge in [0.1, 0.15) is 11.9 Å². The normalized spacial score (nSPS) is 11.8. The van der Waals surface area contributed by atoms with Crippen molar-refractivity contribution in [1.29, 1.82) is 5.26 Å². The van der Waals surface area contributed by atoms with E-state index in [0.717, 1.165) is 11.3 Å². The number of carbonyl (C=O) groups excluding carboxylic acids is 1. The van der Waals surface area contributed by atoms with Crippen LogP contribution in [-0.4, -0.2) is 13.1 Å². The molecule has 0 heterocycles. The number of nitrogens with zero attached hydrogens (tertiary/aromatic N) is 1. The van der Waals surface area contributed by atoms with Gasteiger partial charge in [0.25, 0.3) is 0 Å². The topological polar surface area (TPSA) is 59.3 Å². The molecule has 1 atom stereocenters. The smallest absolute Gasteiger partial charge is 0.303 e. The van der Waals surface area contributed by atoms with E-state index in [9.17, 15) is 4.79 Å². The molecular weight excluding hydrogens is 218 g/mol. The second-order valence-electron chi connectivity index (χ2n) is 3.29. The van der Waals surface area contributed by atoms with Gasteiger partial charge >= 0.3 is 5.97 Å². The van der Waals surface area contributed by atoms with Crippen molar-refractivity contribution >= 4 is 5.97 Å². The van der Waals surface area contributed by atoms with Gasteiger partial charge in [-0.25, -0.2) is 0 Å². The number of rotatable bonds is 4. The molecule has 1 aromatic carbocycles. The van der Waals surface area contributed by atoms with Gasteiger partial charge < -0.3 is 9.47 Å². The second-order valence-corrected chi connectivity index (χ2v) is 3.29. The minimum Gasteiger partial charge on any atom is -0.497 e. The van der Waals surface area contributed by atoms with Gasteiger partial charge in [-0.2, -0.15) is 5.26 Å². The summed E-state index contributed by atoms with van der Waals surface area (Å²) in [4.78, 5) is 11.0. The number of ether oxygens (including phenoxy) is 2. The van der Waals surface area contributed by atoms with Crippen LogP contribution in [0, 0.1) is 11.3 Å². The molecule has 0 spiro atoms. The molecular formula is C13H13NO3. The lowest BCUT2D eigenvalue weighted by Gasteiger charge is -2.13. The summed E-state index contributed by atoms with van der Waals surface area (Å²) < 4.78 is 10.1. The van der Waals surface area contributed by atoms with Crippen molar-refractivity contribution in [3.8, 4) is 11.8 Å². The molecule has 17 heavy (non-hydrogen) atoms. The van der Waals surface area contributed by atoms with Crippen LogP contribution in [0.25, 0.3) is 0 Å². The van der Waals surface area contributed by atoms with E-state index in [1.54, 1.807) is 31.4 Å². The Balaban J connectivity index is 2.91. The van der Waals surface area contributed by atoms with Crippen LogP contribution in [-0.2, 0) is 9.53 Å². The first kappa shape index (κ1) is 12.8. The highest BCUT2D eigenvalue weighted by molar-refractivity contribution is 5.66. The van der Waals surface area contributed by atoms with Crippen molar-refractivity contribution in [2.75, 3.05) is 7.11 Å². The van der Waals surface area contributed by atoms with Gasteiger partial charge in [0.2, 0.25) is 0 Å². The highest BCUT2D eigenvalue weighted by Gasteiger charge is 2.11. The molecule has 0 aliphatic rings. The van der Waals surface area contributed by atoms with Crippen LogP contribution >= 0.6 is 0 Å². The number of nitriles is 1. The zero-order valence-corrected chi connectivity index (χ0v) is 9.71. The third kappa shape index (κ3) is 3.99. The van der Waals surface area contributed by atoms with Crippen molar-refractivity contribution in [1.82, 2.24) is 0 Å². The average molecular weight is 231 g/mol. The van der Waals surface area contributed by atoms with Gasteiger partial charge in [0, 0.05) is 13.0 Å². The summed E-state index contributed by atoms with van der Waals surface area (Å²) in [7, 11) is 1.58. The SMILES string of the molecule is COc1ccc(C(/C=C/C#N)OC(C)=O)cc1. The Hall–Kier alpha value is -2.28. The molecule has 0 aromatic heterocycles. The minimum atomic E-state index is -0.543. The number of esters is 1. The Morgan fingerprint density at radius 1 is 1.41 bits per heavy atom. The summed E-state index contributed by atoms with van der Waals surface area (Å²) in [6, 6.07) is 8.98. The Morgan fingerprint density at radius 2 is 2.06 bits per heavy atom. The van der Waals surface area contributed by atoms with Gasteiger partial charge in [0.05, 0.1) is 13.2 Å². The average Bonchev–Trinajstić information content (AvgIpc) is 2.34. The molecule has 0 bridgehead atoms. The summed E-state index contributed by atoms with van der Waals surface area (Å²) in [5.41, 5.74) is 0.785. The highest BCUT2D eigenvalue weighted by Crippen LogP contribution is 2.22. The molecule has 0 aliphatic heterocycles. The zero-order chi connectivity index (χ0) is 12.7. The van der Waals surface area contributed by atoms with E-state index >= 15 is 0 Å². The maximum atomic E-state index is 11.0. The molecule has 0 fully saturated rings. The molecule has 1 rings (SSSR count).